The first-order valence-electron chi connectivity index (χ1n) is 6.96. The zero-order chi connectivity index (χ0) is 15.3. The molecule has 0 saturated carbocycles. The average molecular weight is 346 g/mol. The predicted octanol–water partition coefficient (Wildman–Crippen LogP) is 2.86. The number of rotatable bonds is 7. The molecule has 114 valence electrons. The molecule has 0 heterocycles. The third kappa shape index (κ3) is 4.52. The molecule has 20 heavy (non-hydrogen) atoms. The summed E-state index contributed by atoms with van der Waals surface area (Å²) in [5.74, 6) is -0.242. The molecule has 0 spiro atoms. The SMILES string of the molecule is CCN(C(C)CN(C)C)C(CN)c1ccc(F)c(Br)c1. The lowest BCUT2D eigenvalue weighted by molar-refractivity contribution is 0.131. The van der Waals surface area contributed by atoms with E-state index in [2.05, 4.69) is 53.7 Å². The van der Waals surface area contributed by atoms with Crippen molar-refractivity contribution in [1.29, 1.82) is 0 Å². The highest BCUT2D eigenvalue weighted by molar-refractivity contribution is 9.10. The van der Waals surface area contributed by atoms with Crippen molar-refractivity contribution in [3.05, 3.63) is 34.1 Å². The first kappa shape index (κ1) is 17.6. The van der Waals surface area contributed by atoms with Crippen LogP contribution in [0.5, 0.6) is 0 Å². The highest BCUT2D eigenvalue weighted by Crippen LogP contribution is 2.26. The summed E-state index contributed by atoms with van der Waals surface area (Å²) < 4.78 is 13.9. The second-order valence-corrected chi connectivity index (χ2v) is 6.22. The fraction of sp³-hybridized carbons (Fsp3) is 0.600. The van der Waals surface area contributed by atoms with Crippen molar-refractivity contribution < 1.29 is 4.39 Å². The van der Waals surface area contributed by atoms with Crippen LogP contribution >= 0.6 is 15.9 Å². The highest BCUT2D eigenvalue weighted by atomic mass is 79.9. The van der Waals surface area contributed by atoms with Crippen LogP contribution in [0.25, 0.3) is 0 Å². The zero-order valence-electron chi connectivity index (χ0n) is 12.7. The lowest BCUT2D eigenvalue weighted by atomic mass is 10.0. The van der Waals surface area contributed by atoms with Gasteiger partial charge in [0.05, 0.1) is 4.47 Å². The van der Waals surface area contributed by atoms with Gasteiger partial charge >= 0.3 is 0 Å². The Balaban J connectivity index is 2.98. The van der Waals surface area contributed by atoms with E-state index in [1.54, 1.807) is 0 Å². The number of nitrogens with zero attached hydrogens (tertiary/aromatic N) is 2. The second kappa shape index (κ2) is 8.08. The summed E-state index contributed by atoms with van der Waals surface area (Å²) in [5, 5.41) is 0. The van der Waals surface area contributed by atoms with Crippen LogP contribution < -0.4 is 5.73 Å². The molecule has 0 radical (unpaired) electrons. The van der Waals surface area contributed by atoms with Crippen molar-refractivity contribution in [2.75, 3.05) is 33.7 Å². The van der Waals surface area contributed by atoms with Gasteiger partial charge in [-0.2, -0.15) is 0 Å². The number of likely N-dealkylation sites (N-methyl/N-ethyl adjacent to an activating group) is 2. The maximum atomic E-state index is 13.4. The Hall–Kier alpha value is -0.490. The largest absolute Gasteiger partial charge is 0.329 e. The Morgan fingerprint density at radius 3 is 2.45 bits per heavy atom. The van der Waals surface area contributed by atoms with Gasteiger partial charge in [0.25, 0.3) is 0 Å². The fourth-order valence-corrected chi connectivity index (χ4v) is 3.05. The maximum Gasteiger partial charge on any atom is 0.137 e. The lowest BCUT2D eigenvalue weighted by Gasteiger charge is -2.36. The number of benzene rings is 1. The minimum atomic E-state index is -0.242. The van der Waals surface area contributed by atoms with E-state index >= 15 is 0 Å². The molecule has 0 fully saturated rings. The lowest BCUT2D eigenvalue weighted by Crippen LogP contribution is -2.44. The van der Waals surface area contributed by atoms with Crippen molar-refractivity contribution in [1.82, 2.24) is 9.80 Å². The monoisotopic (exact) mass is 345 g/mol. The predicted molar refractivity (Wildman–Crippen MR) is 86.3 cm³/mol. The Morgan fingerprint density at radius 1 is 1.35 bits per heavy atom. The van der Waals surface area contributed by atoms with Crippen LogP contribution in [0.3, 0.4) is 0 Å². The molecule has 3 nitrogen and oxygen atoms in total. The van der Waals surface area contributed by atoms with E-state index in [0.717, 1.165) is 18.7 Å². The molecule has 0 aromatic heterocycles. The van der Waals surface area contributed by atoms with Crippen molar-refractivity contribution >= 4 is 15.9 Å². The topological polar surface area (TPSA) is 32.5 Å². The molecule has 1 aromatic carbocycles. The Bertz CT molecular complexity index is 426. The third-order valence-corrected chi connectivity index (χ3v) is 4.12. The van der Waals surface area contributed by atoms with Crippen LogP contribution in [-0.2, 0) is 0 Å². The second-order valence-electron chi connectivity index (χ2n) is 5.37. The molecule has 5 heteroatoms. The van der Waals surface area contributed by atoms with E-state index in [4.69, 9.17) is 5.73 Å². The fourth-order valence-electron chi connectivity index (χ4n) is 2.66. The van der Waals surface area contributed by atoms with Crippen LogP contribution in [0.1, 0.15) is 25.5 Å². The molecule has 0 saturated heterocycles. The molecular formula is C15H25BrFN3. The smallest absolute Gasteiger partial charge is 0.137 e. The van der Waals surface area contributed by atoms with E-state index < -0.39 is 0 Å². The molecule has 2 unspecified atom stereocenters. The number of hydrogen-bond donors (Lipinski definition) is 1. The standard InChI is InChI=1S/C15H25BrFN3/c1-5-20(11(2)10-19(3)4)15(9-18)12-6-7-14(17)13(16)8-12/h6-8,11,15H,5,9-10,18H2,1-4H3. The van der Waals surface area contributed by atoms with Crippen LogP contribution in [0.15, 0.2) is 22.7 Å². The summed E-state index contributed by atoms with van der Waals surface area (Å²) in [6.45, 7) is 6.72. The number of hydrogen-bond acceptors (Lipinski definition) is 3. The van der Waals surface area contributed by atoms with Gasteiger partial charge in [-0.3, -0.25) is 4.90 Å². The molecule has 0 amide bonds. The zero-order valence-corrected chi connectivity index (χ0v) is 14.3. The van der Waals surface area contributed by atoms with Crippen molar-refractivity contribution in [2.24, 2.45) is 5.73 Å². The van der Waals surface area contributed by atoms with Gasteiger partial charge in [0.15, 0.2) is 0 Å². The summed E-state index contributed by atoms with van der Waals surface area (Å²) in [4.78, 5) is 4.53. The van der Waals surface area contributed by atoms with Gasteiger partial charge < -0.3 is 10.6 Å². The van der Waals surface area contributed by atoms with E-state index in [-0.39, 0.29) is 11.9 Å². The van der Waals surface area contributed by atoms with Gasteiger partial charge in [0.2, 0.25) is 0 Å². The molecule has 0 aliphatic carbocycles. The first-order chi connectivity index (χ1) is 9.40. The van der Waals surface area contributed by atoms with Crippen LogP contribution in [0.2, 0.25) is 0 Å². The normalized spacial score (nSPS) is 14.8. The van der Waals surface area contributed by atoms with Gasteiger partial charge in [0.1, 0.15) is 5.82 Å². The van der Waals surface area contributed by atoms with Gasteiger partial charge in [-0.1, -0.05) is 13.0 Å². The Morgan fingerprint density at radius 2 is 2.00 bits per heavy atom. The summed E-state index contributed by atoms with van der Waals surface area (Å²) >= 11 is 3.25. The number of nitrogens with two attached hydrogens (primary N) is 1. The molecule has 0 bridgehead atoms. The van der Waals surface area contributed by atoms with Gasteiger partial charge in [-0.05, 0) is 61.2 Å². The highest BCUT2D eigenvalue weighted by Gasteiger charge is 2.23. The average Bonchev–Trinajstić information content (AvgIpc) is 2.38. The molecule has 0 aliphatic heterocycles. The van der Waals surface area contributed by atoms with E-state index in [1.165, 1.54) is 6.07 Å². The van der Waals surface area contributed by atoms with Crippen LogP contribution in [-0.4, -0.2) is 49.6 Å². The molecule has 2 N–H and O–H groups in total. The maximum absolute atomic E-state index is 13.4. The number of halogens is 2. The van der Waals surface area contributed by atoms with Crippen molar-refractivity contribution in [3.8, 4) is 0 Å². The summed E-state index contributed by atoms with van der Waals surface area (Å²) in [6.07, 6.45) is 0. The van der Waals surface area contributed by atoms with E-state index in [9.17, 15) is 4.39 Å². The van der Waals surface area contributed by atoms with Gasteiger partial charge in [0, 0.05) is 25.2 Å². The third-order valence-electron chi connectivity index (χ3n) is 3.51. The first-order valence-corrected chi connectivity index (χ1v) is 7.75. The van der Waals surface area contributed by atoms with Crippen LogP contribution in [0.4, 0.5) is 4.39 Å². The molecular weight excluding hydrogens is 321 g/mol. The van der Waals surface area contributed by atoms with Crippen molar-refractivity contribution in [2.45, 2.75) is 25.9 Å². The molecule has 2 atom stereocenters. The van der Waals surface area contributed by atoms with Crippen LogP contribution in [0, 0.1) is 5.82 Å². The summed E-state index contributed by atoms with van der Waals surface area (Å²) in [7, 11) is 4.13. The van der Waals surface area contributed by atoms with Crippen molar-refractivity contribution in [3.63, 3.8) is 0 Å². The Kier molecular flexibility index (Phi) is 7.09. The summed E-state index contributed by atoms with van der Waals surface area (Å²) in [6, 6.07) is 5.63. The Labute approximate surface area is 130 Å². The van der Waals surface area contributed by atoms with E-state index in [0.29, 0.717) is 17.1 Å². The van der Waals surface area contributed by atoms with Gasteiger partial charge in [-0.25, -0.2) is 4.39 Å². The van der Waals surface area contributed by atoms with Gasteiger partial charge in [-0.15, -0.1) is 0 Å². The molecule has 1 rings (SSSR count). The summed E-state index contributed by atoms with van der Waals surface area (Å²) in [5.41, 5.74) is 7.02. The minimum Gasteiger partial charge on any atom is -0.329 e. The minimum absolute atomic E-state index is 0.104. The van der Waals surface area contributed by atoms with E-state index in [1.807, 2.05) is 12.1 Å². The quantitative estimate of drug-likeness (QED) is 0.824. The molecule has 1 aromatic rings. The molecule has 0 aliphatic rings.